The molecule has 4 amide bonds. The van der Waals surface area contributed by atoms with Crippen molar-refractivity contribution in [2.75, 3.05) is 73.1 Å². The van der Waals surface area contributed by atoms with E-state index in [9.17, 15) is 86.3 Å². The zero-order valence-corrected chi connectivity index (χ0v) is 81.6. The van der Waals surface area contributed by atoms with Gasteiger partial charge in [0.05, 0.1) is 24.5 Å². The second-order valence-electron chi connectivity index (χ2n) is 29.2. The minimum atomic E-state index is -3.09. The number of likely N-dealkylation sites (N-methyl/N-ethyl adjacent to an activating group) is 6. The molecule has 3 aliphatic heterocycles. The zero-order chi connectivity index (χ0) is 101. The first kappa shape index (κ1) is 117. The molecule has 0 spiro atoms. The molecule has 135 heavy (non-hydrogen) atoms. The van der Waals surface area contributed by atoms with E-state index in [0.717, 1.165) is 104 Å². The standard InChI is InChI=1S/C33H42N3O11PS.C20H31N3O11.C14H19N3O9.C13H13PS.C7H14N2O2/c1-20(37)43-18-27-29(44-21(2)38)30(45-22(3)39)31(46-23(4)40)33(47-27)36-48(24-13-9-7-10-14-24,25-15-11-8-12-16-25)19-49-28(41)17-26(34-5)32(42)35-6;1-9(24)30-8-14-16(31-10(2)25)17(32-11(3)26)18(33-12(4)27)20(34-14)23-15(28)7-13(21-5)19(29)22-6;1-6(18)22-5-10-11(23-7(2)19)12(24-8(3)20)13(25-9(4)21)14(26-10)16-17-15;15-11-14(12-7-3-1-4-8-12)13-9-5-2-6-10-13;1-5(10)4-6(8-2)7(11)9-3/h7-16,26-27,29-31,33-34H,17-19H2,1-6H3,(H,35,42);13-14,16-18,20-21H,7-8H2,1-6H3,(H,22,29)(H,23,28);10-14H,5H2,1-4H3;1-10,15H,11H2;6,8H,4H2,1-3H3,(H,9,11)/t26-,27?,29+,30?,31?,33+;13-,14?,16+,17?,18?,20+;10?,11-,12?,13?,14-;;6-/m001.0/s1. The maximum atomic E-state index is 13.4. The molecule has 0 aromatic heterocycles. The molecule has 7 N–H and O–H groups in total. The summed E-state index contributed by atoms with van der Waals surface area (Å²) in [6.45, 7) is 13.7. The molecule has 9 unspecified atom stereocenters. The maximum Gasteiger partial charge on any atom is 0.303 e. The van der Waals surface area contributed by atoms with E-state index in [1.807, 2.05) is 60.7 Å². The molecule has 0 radical (unpaired) electrons. The Morgan fingerprint density at radius 1 is 0.393 bits per heavy atom. The highest BCUT2D eigenvalue weighted by molar-refractivity contribution is 8.19. The molecule has 742 valence electrons. The number of ketones is 1. The monoisotopic (exact) mass is 1970 g/mol. The van der Waals surface area contributed by atoms with Gasteiger partial charge in [0.2, 0.25) is 23.6 Å². The molecule has 0 aliphatic carbocycles. The highest BCUT2D eigenvalue weighted by Crippen LogP contribution is 2.53. The molecule has 4 aromatic rings. The number of ether oxygens (including phenoxy) is 15. The summed E-state index contributed by atoms with van der Waals surface area (Å²) < 4.78 is 85.9. The number of carbonyl (C=O) groups excluding carboxylic acids is 18. The third kappa shape index (κ3) is 41.1. The number of carbonyl (C=O) groups is 18. The Balaban J connectivity index is 0.000000473. The summed E-state index contributed by atoms with van der Waals surface area (Å²) >= 11 is 5.46. The number of nitrogens with one attached hydrogen (secondary N) is 7. The topological polar surface area (TPSA) is 591 Å². The van der Waals surface area contributed by atoms with Crippen molar-refractivity contribution in [3.05, 3.63) is 132 Å². The summed E-state index contributed by atoms with van der Waals surface area (Å²) in [7, 11) is 5.80. The molecular formula is C87H119N11O33P2S2. The summed E-state index contributed by atoms with van der Waals surface area (Å²) in [6, 6.07) is 37.6. The molecule has 3 aliphatic rings. The predicted molar refractivity (Wildman–Crippen MR) is 490 cm³/mol. The van der Waals surface area contributed by atoms with E-state index in [4.69, 9.17) is 81.3 Å². The predicted octanol–water partition coefficient (Wildman–Crippen LogP) is 2.46. The summed E-state index contributed by atoms with van der Waals surface area (Å²) in [5, 5.41) is 25.6. The molecule has 44 nitrogen and oxygen atoms in total. The number of amides is 4. The van der Waals surface area contributed by atoms with Crippen LogP contribution in [0.2, 0.25) is 0 Å². The Hall–Kier alpha value is -11.8. The molecular weight excluding hydrogens is 1850 g/mol. The minimum absolute atomic E-state index is 0.00736. The minimum Gasteiger partial charge on any atom is -0.463 e. The van der Waals surface area contributed by atoms with Crippen molar-refractivity contribution in [2.45, 2.75) is 219 Å². The number of hydrogen-bond donors (Lipinski definition) is 8. The summed E-state index contributed by atoms with van der Waals surface area (Å²) in [6.07, 6.45) is -20.3. The first-order valence-corrected chi connectivity index (χ1v) is 46.7. The number of thioether (sulfide) groups is 1. The number of Topliss-reactive ketones (excluding diaryl/α,β-unsaturated/α-hetero) is 1. The lowest BCUT2D eigenvalue weighted by Crippen LogP contribution is -2.66. The normalized spacial score (nSPS) is 21.3. The number of benzene rings is 4. The Morgan fingerprint density at radius 2 is 0.689 bits per heavy atom. The number of hydrogen-bond acceptors (Lipinski definition) is 40. The van der Waals surface area contributed by atoms with E-state index in [1.165, 1.54) is 45.6 Å². The lowest BCUT2D eigenvalue weighted by molar-refractivity contribution is -0.257. The van der Waals surface area contributed by atoms with Gasteiger partial charge in [-0.15, -0.1) is 0 Å². The third-order valence-corrected chi connectivity index (χ3v) is 27.1. The maximum absolute atomic E-state index is 13.4. The summed E-state index contributed by atoms with van der Waals surface area (Å²) in [5.74, 6) is -10.5. The van der Waals surface area contributed by atoms with Crippen LogP contribution >= 0.6 is 39.4 Å². The van der Waals surface area contributed by atoms with Gasteiger partial charge in [-0.2, -0.15) is 12.6 Å². The largest absolute Gasteiger partial charge is 0.463 e. The quantitative estimate of drug-likeness (QED) is 0.00611. The van der Waals surface area contributed by atoms with Crippen LogP contribution < -0.4 is 58.4 Å². The molecule has 0 saturated carbocycles. The van der Waals surface area contributed by atoms with Crippen molar-refractivity contribution in [1.82, 2.24) is 37.2 Å². The van der Waals surface area contributed by atoms with Gasteiger partial charge < -0.3 is 108 Å². The number of nitrogens with zero attached hydrogens (tertiary/aromatic N) is 4. The van der Waals surface area contributed by atoms with Crippen LogP contribution in [0.15, 0.2) is 131 Å². The second-order valence-corrected chi connectivity index (χ2v) is 36.8. The van der Waals surface area contributed by atoms with Crippen LogP contribution in [0.4, 0.5) is 0 Å². The fourth-order valence-corrected chi connectivity index (χ4v) is 21.3. The Morgan fingerprint density at radius 3 is 1.01 bits per heavy atom. The van der Waals surface area contributed by atoms with Gasteiger partial charge in [0.1, 0.15) is 43.9 Å². The van der Waals surface area contributed by atoms with E-state index >= 15 is 0 Å². The third-order valence-electron chi connectivity index (χ3n) is 18.7. The Bertz CT molecular complexity index is 4660. The number of rotatable bonds is 37. The van der Waals surface area contributed by atoms with E-state index in [1.54, 1.807) is 21.1 Å². The van der Waals surface area contributed by atoms with Crippen LogP contribution in [0.5, 0.6) is 0 Å². The highest BCUT2D eigenvalue weighted by Gasteiger charge is 2.56. The van der Waals surface area contributed by atoms with Gasteiger partial charge in [0.25, 0.3) is 0 Å². The summed E-state index contributed by atoms with van der Waals surface area (Å²) in [5.41, 5.74) is 9.73. The van der Waals surface area contributed by atoms with Crippen LogP contribution in [0.1, 0.15) is 109 Å². The first-order valence-electron chi connectivity index (χ1n) is 41.7. The molecule has 3 fully saturated rings. The molecule has 0 bridgehead atoms. The number of esters is 12. The van der Waals surface area contributed by atoms with Crippen molar-refractivity contribution >= 4 is 167 Å². The van der Waals surface area contributed by atoms with Gasteiger partial charge in [-0.25, -0.2) is 0 Å². The smallest absolute Gasteiger partial charge is 0.303 e. The van der Waals surface area contributed by atoms with E-state index in [2.05, 4.69) is 121 Å². The number of azide groups is 1. The van der Waals surface area contributed by atoms with E-state index in [-0.39, 0.29) is 62.0 Å². The Kier molecular flexibility index (Phi) is 53.2. The fourth-order valence-electron chi connectivity index (χ4n) is 13.1. The van der Waals surface area contributed by atoms with Gasteiger partial charge in [-0.05, 0) is 62.7 Å². The van der Waals surface area contributed by atoms with Crippen LogP contribution in [0, 0.1) is 0 Å². The molecule has 18 atom stereocenters. The number of thiol groups is 1. The van der Waals surface area contributed by atoms with E-state index in [0.29, 0.717) is 0 Å². The van der Waals surface area contributed by atoms with Crippen molar-refractivity contribution in [3.63, 3.8) is 0 Å². The molecule has 3 saturated heterocycles. The molecule has 7 rings (SSSR count). The SMILES string of the molecule is CC(=O)OCC1O[C@@H](N=[N+]=[N-])C(OC(C)=O)C(OC(C)=O)[C@@H]1OC(C)=O.CNC(=O)[C@H](CC(=O)N[C@@H]1OC(COC(C)=O)[C@@H](OC(C)=O)C(OC(C)=O)C1OC(C)=O)NC.CNC(=O)[C@H](CC(=O)SCP(=N[C@@H]1OC(COC(C)=O)[C@@H](OC(C)=O)C(OC(C)=O)C1OC(C)=O)(c1ccccc1)c1ccccc1)NC.CNC(=O)[C@H](CC(C)=O)NC.SCP(c1ccccc1)c1ccccc1. The van der Waals surface area contributed by atoms with Crippen molar-refractivity contribution in [1.29, 1.82) is 0 Å². The van der Waals surface area contributed by atoms with Gasteiger partial charge >= 0.3 is 71.6 Å². The average molecular weight is 1970 g/mol. The van der Waals surface area contributed by atoms with Gasteiger partial charge in [0, 0.05) is 140 Å². The molecule has 3 heterocycles. The van der Waals surface area contributed by atoms with Gasteiger partial charge in [-0.1, -0.05) is 138 Å². The Labute approximate surface area is 791 Å². The van der Waals surface area contributed by atoms with Gasteiger partial charge in [-0.3, -0.25) is 91.0 Å². The lowest BCUT2D eigenvalue weighted by Gasteiger charge is -2.44. The van der Waals surface area contributed by atoms with E-state index < -0.39 is 214 Å². The molecule has 48 heteroatoms. The zero-order valence-electron chi connectivity index (χ0n) is 78.1. The molecule has 4 aromatic carbocycles. The second kappa shape index (κ2) is 61.2. The lowest BCUT2D eigenvalue weighted by atomic mass is 9.97. The highest BCUT2D eigenvalue weighted by atomic mass is 32.2. The summed E-state index contributed by atoms with van der Waals surface area (Å²) in [4.78, 5) is 216. The van der Waals surface area contributed by atoms with Gasteiger partial charge in [0.15, 0.2) is 78.7 Å². The van der Waals surface area contributed by atoms with Crippen LogP contribution in [-0.2, 0) is 157 Å². The first-order chi connectivity index (χ1) is 63.9. The fraction of sp³-hybridized carbons (Fsp3) is 0.517. The van der Waals surface area contributed by atoms with Crippen LogP contribution in [0.25, 0.3) is 10.4 Å². The van der Waals surface area contributed by atoms with Crippen molar-refractivity contribution in [2.24, 2.45) is 9.86 Å². The van der Waals surface area contributed by atoms with Crippen molar-refractivity contribution < 1.29 is 157 Å². The average Bonchev–Trinajstić information content (AvgIpc) is 0.754. The van der Waals surface area contributed by atoms with Crippen LogP contribution in [0.3, 0.4) is 0 Å². The van der Waals surface area contributed by atoms with Crippen molar-refractivity contribution in [3.8, 4) is 0 Å². The van der Waals surface area contributed by atoms with Crippen LogP contribution in [-0.4, -0.2) is 289 Å².